The third kappa shape index (κ3) is 2.95. The van der Waals surface area contributed by atoms with Gasteiger partial charge in [0, 0.05) is 30.3 Å². The Bertz CT molecular complexity index is 1050. The van der Waals surface area contributed by atoms with E-state index in [1.165, 1.54) is 0 Å². The summed E-state index contributed by atoms with van der Waals surface area (Å²) in [7, 11) is 0. The van der Waals surface area contributed by atoms with E-state index in [1.54, 1.807) is 0 Å². The number of anilines is 1. The molecule has 1 saturated carbocycles. The van der Waals surface area contributed by atoms with E-state index in [2.05, 4.69) is 45.3 Å². The van der Waals surface area contributed by atoms with Crippen molar-refractivity contribution in [3.05, 3.63) is 48.3 Å². The van der Waals surface area contributed by atoms with Crippen molar-refractivity contribution >= 4 is 17.1 Å². The Balaban J connectivity index is 1.41. The number of pyridine rings is 1. The molecule has 1 aliphatic heterocycles. The normalized spacial score (nSPS) is 16.9. The second kappa shape index (κ2) is 6.20. The molecule has 0 N–H and O–H groups in total. The van der Waals surface area contributed by atoms with E-state index in [0.29, 0.717) is 12.2 Å². The van der Waals surface area contributed by atoms with Crippen LogP contribution in [0.4, 0.5) is 5.69 Å². The summed E-state index contributed by atoms with van der Waals surface area (Å²) in [4.78, 5) is 18.8. The highest BCUT2D eigenvalue weighted by Crippen LogP contribution is 2.31. The second-order valence-electron chi connectivity index (χ2n) is 7.40. The highest BCUT2D eigenvalue weighted by atomic mass is 16.1. The molecule has 6 nitrogen and oxygen atoms in total. The molecule has 0 amide bonds. The minimum atomic E-state index is 0.144. The molecule has 0 spiro atoms. The van der Waals surface area contributed by atoms with Crippen molar-refractivity contribution < 1.29 is 4.79 Å². The van der Waals surface area contributed by atoms with E-state index in [0.717, 1.165) is 48.5 Å². The lowest BCUT2D eigenvalue weighted by Gasteiger charge is -2.37. The first-order valence-electron chi connectivity index (χ1n) is 9.33. The number of fused-ring (bicyclic) bond motifs is 1. The number of nitriles is 1. The van der Waals surface area contributed by atoms with E-state index >= 15 is 0 Å². The molecule has 1 aliphatic carbocycles. The smallest absolute Gasteiger partial charge is 0.159 e. The van der Waals surface area contributed by atoms with Gasteiger partial charge in [0.25, 0.3) is 0 Å². The average molecular weight is 357 g/mol. The van der Waals surface area contributed by atoms with Crippen LogP contribution in [-0.4, -0.2) is 33.5 Å². The number of Topliss-reactive ketones (excluding diaryl/α,β-unsaturated/α-hetero) is 1. The molecule has 2 aromatic heterocycles. The second-order valence-corrected chi connectivity index (χ2v) is 7.40. The van der Waals surface area contributed by atoms with E-state index in [9.17, 15) is 4.79 Å². The molecular formula is C21H19N5O. The Labute approximate surface area is 157 Å². The maximum atomic E-state index is 12.1. The summed E-state index contributed by atoms with van der Waals surface area (Å²) in [6, 6.07) is 16.5. The van der Waals surface area contributed by atoms with Gasteiger partial charge in [-0.05, 0) is 37.1 Å². The monoisotopic (exact) mass is 357 g/mol. The zero-order valence-electron chi connectivity index (χ0n) is 14.9. The molecule has 134 valence electrons. The molecule has 0 radical (unpaired) electrons. The van der Waals surface area contributed by atoms with E-state index in [4.69, 9.17) is 5.26 Å². The Morgan fingerprint density at radius 1 is 1.15 bits per heavy atom. The first kappa shape index (κ1) is 16.0. The van der Waals surface area contributed by atoms with Gasteiger partial charge in [0.2, 0.25) is 0 Å². The van der Waals surface area contributed by atoms with Crippen LogP contribution >= 0.6 is 0 Å². The van der Waals surface area contributed by atoms with Crippen LogP contribution in [0, 0.1) is 23.2 Å². The Morgan fingerprint density at radius 3 is 2.63 bits per heavy atom. The topological polar surface area (TPSA) is 74.3 Å². The summed E-state index contributed by atoms with van der Waals surface area (Å²) in [5, 5.41) is 13.5. The summed E-state index contributed by atoms with van der Waals surface area (Å²) in [5.74, 6) is 1.22. The first-order valence-corrected chi connectivity index (χ1v) is 9.33. The van der Waals surface area contributed by atoms with Gasteiger partial charge >= 0.3 is 0 Å². The molecule has 5 rings (SSSR count). The largest absolute Gasteiger partial charge is 0.369 e. The minimum absolute atomic E-state index is 0.144. The fraction of sp³-hybridized carbons (Fsp3) is 0.333. The fourth-order valence-corrected chi connectivity index (χ4v) is 3.56. The number of rotatable bonds is 5. The molecule has 2 aliphatic rings. The van der Waals surface area contributed by atoms with Gasteiger partial charge in [-0.2, -0.15) is 10.4 Å². The van der Waals surface area contributed by atoms with Crippen molar-refractivity contribution in [3.8, 4) is 17.3 Å². The lowest BCUT2D eigenvalue weighted by atomic mass is 10.0. The molecule has 1 saturated heterocycles. The quantitative estimate of drug-likeness (QED) is 0.702. The average Bonchev–Trinajstić information content (AvgIpc) is 3.41. The van der Waals surface area contributed by atoms with Crippen LogP contribution in [0.1, 0.15) is 18.7 Å². The number of ketones is 1. The van der Waals surface area contributed by atoms with Crippen LogP contribution in [0.2, 0.25) is 0 Å². The van der Waals surface area contributed by atoms with Crippen LogP contribution in [0.3, 0.4) is 0 Å². The van der Waals surface area contributed by atoms with Gasteiger partial charge in [0.15, 0.2) is 11.5 Å². The van der Waals surface area contributed by atoms with Crippen LogP contribution in [0.15, 0.2) is 42.5 Å². The lowest BCUT2D eigenvalue weighted by Crippen LogP contribution is -2.45. The zero-order chi connectivity index (χ0) is 18.4. The first-order chi connectivity index (χ1) is 13.2. The number of nitrogens with zero attached hydrogens (tertiary/aromatic N) is 5. The zero-order valence-corrected chi connectivity index (χ0v) is 14.9. The molecule has 3 aromatic rings. The third-order valence-corrected chi connectivity index (χ3v) is 5.36. The molecular weight excluding hydrogens is 338 g/mol. The maximum Gasteiger partial charge on any atom is 0.159 e. The van der Waals surface area contributed by atoms with Gasteiger partial charge in [-0.25, -0.2) is 9.50 Å². The van der Waals surface area contributed by atoms with E-state index < -0.39 is 0 Å². The van der Waals surface area contributed by atoms with E-state index in [1.807, 2.05) is 22.7 Å². The van der Waals surface area contributed by atoms with Crippen molar-refractivity contribution in [1.29, 1.82) is 5.26 Å². The Morgan fingerprint density at radius 2 is 1.93 bits per heavy atom. The number of carbonyl (C=O) groups excluding carboxylic acids is 1. The van der Waals surface area contributed by atoms with Crippen molar-refractivity contribution in [2.45, 2.75) is 19.3 Å². The number of carbonyl (C=O) groups is 1. The molecule has 0 atom stereocenters. The number of benzene rings is 1. The van der Waals surface area contributed by atoms with Crippen molar-refractivity contribution in [2.24, 2.45) is 11.8 Å². The fourth-order valence-electron chi connectivity index (χ4n) is 3.56. The summed E-state index contributed by atoms with van der Waals surface area (Å²) in [6.07, 6.45) is 2.34. The molecule has 0 bridgehead atoms. The summed E-state index contributed by atoms with van der Waals surface area (Å²) in [5.41, 5.74) is 3.89. The molecule has 6 heteroatoms. The molecule has 3 heterocycles. The summed E-state index contributed by atoms with van der Waals surface area (Å²) >= 11 is 0. The van der Waals surface area contributed by atoms with Crippen LogP contribution in [0.5, 0.6) is 0 Å². The van der Waals surface area contributed by atoms with Crippen molar-refractivity contribution in [3.63, 3.8) is 0 Å². The van der Waals surface area contributed by atoms with Crippen LogP contribution < -0.4 is 4.90 Å². The van der Waals surface area contributed by atoms with Gasteiger partial charge in [-0.3, -0.25) is 4.79 Å². The van der Waals surface area contributed by atoms with Gasteiger partial charge < -0.3 is 4.90 Å². The molecule has 2 fully saturated rings. The highest BCUT2D eigenvalue weighted by Gasteiger charge is 2.30. The highest BCUT2D eigenvalue weighted by molar-refractivity contribution is 5.84. The van der Waals surface area contributed by atoms with Gasteiger partial charge in [0.1, 0.15) is 5.78 Å². The van der Waals surface area contributed by atoms with Crippen LogP contribution in [0.25, 0.3) is 16.9 Å². The number of aromatic nitrogens is 3. The lowest BCUT2D eigenvalue weighted by molar-refractivity contribution is -0.119. The number of hydrogen-bond acceptors (Lipinski definition) is 5. The van der Waals surface area contributed by atoms with Gasteiger partial charge in [0.05, 0.1) is 24.1 Å². The Hall–Kier alpha value is -3.20. The van der Waals surface area contributed by atoms with Crippen molar-refractivity contribution in [1.82, 2.24) is 14.6 Å². The van der Waals surface area contributed by atoms with Crippen molar-refractivity contribution in [2.75, 3.05) is 18.0 Å². The van der Waals surface area contributed by atoms with E-state index in [-0.39, 0.29) is 17.6 Å². The van der Waals surface area contributed by atoms with Gasteiger partial charge in [-0.15, -0.1) is 0 Å². The summed E-state index contributed by atoms with van der Waals surface area (Å²) < 4.78 is 1.82. The molecule has 1 aromatic carbocycles. The van der Waals surface area contributed by atoms with Gasteiger partial charge in [-0.1, -0.05) is 18.2 Å². The minimum Gasteiger partial charge on any atom is -0.369 e. The predicted octanol–water partition coefficient (Wildman–Crippen LogP) is 2.88. The molecule has 0 unspecified atom stereocenters. The molecule has 27 heavy (non-hydrogen) atoms. The maximum absolute atomic E-state index is 12.1. The Kier molecular flexibility index (Phi) is 3.68. The third-order valence-electron chi connectivity index (χ3n) is 5.36. The number of hydrogen-bond donors (Lipinski definition) is 0. The predicted molar refractivity (Wildman–Crippen MR) is 101 cm³/mol. The van der Waals surface area contributed by atoms with Crippen LogP contribution in [-0.2, 0) is 11.2 Å². The standard InChI is InChI=1S/C21H19N5O/c22-11-14-12-25(13-14)17-8-6-15(7-9-17)18-2-1-3-21-23-20(24-26(18)21)10-19(27)16-4-5-16/h1-3,6-9,14,16H,4-5,10,12-13H2. The SMILES string of the molecule is N#CC1CN(c2ccc(-c3cccc4nc(CC(=O)C5CC5)nn34)cc2)C1. The summed E-state index contributed by atoms with van der Waals surface area (Å²) in [6.45, 7) is 1.60.